The van der Waals surface area contributed by atoms with Gasteiger partial charge in [0.15, 0.2) is 11.5 Å². The van der Waals surface area contributed by atoms with Gasteiger partial charge in [0.2, 0.25) is 10.0 Å². The van der Waals surface area contributed by atoms with E-state index in [1.54, 1.807) is 43.3 Å². The second-order valence-corrected chi connectivity index (χ2v) is 11.0. The van der Waals surface area contributed by atoms with E-state index < -0.39 is 10.0 Å². The van der Waals surface area contributed by atoms with Crippen molar-refractivity contribution < 1.29 is 17.6 Å². The van der Waals surface area contributed by atoms with Crippen molar-refractivity contribution in [2.24, 2.45) is 0 Å². The quantitative estimate of drug-likeness (QED) is 0.573. The first-order valence-electron chi connectivity index (χ1n) is 12.0. The number of carbonyl (C=O) groups is 1. The van der Waals surface area contributed by atoms with E-state index in [0.717, 1.165) is 62.8 Å². The summed E-state index contributed by atoms with van der Waals surface area (Å²) in [6, 6.07) is 10.3. The number of piperidine rings is 2. The number of aromatic nitrogens is 1. The van der Waals surface area contributed by atoms with Crippen LogP contribution in [0.5, 0.6) is 0 Å². The molecule has 0 atom stereocenters. The molecule has 0 radical (unpaired) electrons. The number of benzene rings is 2. The minimum absolute atomic E-state index is 0.168. The summed E-state index contributed by atoms with van der Waals surface area (Å²) in [5.41, 5.74) is 3.02. The first-order chi connectivity index (χ1) is 16.4. The molecule has 2 aromatic carbocycles. The second-order valence-electron chi connectivity index (χ2n) is 9.06. The van der Waals surface area contributed by atoms with E-state index in [2.05, 4.69) is 15.2 Å². The van der Waals surface area contributed by atoms with Crippen LogP contribution in [0.2, 0.25) is 0 Å². The van der Waals surface area contributed by atoms with Crippen LogP contribution < -0.4 is 10.2 Å². The number of hydrogen-bond acceptors (Lipinski definition) is 6. The standard InChI is InChI=1S/C25H30N4O4S/c1-18-26-22-10-8-19(16-24(22)33-18)27-25(30)21-17-20(34(31,32)29-14-6-3-7-15-29)9-11-23(21)28-12-4-2-5-13-28/h8-11,16-17H,2-7,12-15H2,1H3,(H,27,30). The lowest BCUT2D eigenvalue weighted by Crippen LogP contribution is -2.36. The Kier molecular flexibility index (Phi) is 6.31. The highest BCUT2D eigenvalue weighted by atomic mass is 32.2. The van der Waals surface area contributed by atoms with Gasteiger partial charge in [0.1, 0.15) is 5.52 Å². The fraction of sp³-hybridized carbons (Fsp3) is 0.440. The van der Waals surface area contributed by atoms with Gasteiger partial charge in [-0.2, -0.15) is 4.31 Å². The van der Waals surface area contributed by atoms with Gasteiger partial charge in [0, 0.05) is 50.5 Å². The Labute approximate surface area is 200 Å². The van der Waals surface area contributed by atoms with Crippen molar-refractivity contribution in [1.29, 1.82) is 0 Å². The summed E-state index contributed by atoms with van der Waals surface area (Å²) in [4.78, 5) is 20.1. The van der Waals surface area contributed by atoms with E-state index in [-0.39, 0.29) is 10.8 Å². The highest BCUT2D eigenvalue weighted by Gasteiger charge is 2.28. The number of anilines is 2. The first kappa shape index (κ1) is 22.9. The van der Waals surface area contributed by atoms with Crippen molar-refractivity contribution in [2.75, 3.05) is 36.4 Å². The Morgan fingerprint density at radius 1 is 0.941 bits per heavy atom. The van der Waals surface area contributed by atoms with Crippen molar-refractivity contribution >= 4 is 38.4 Å². The van der Waals surface area contributed by atoms with E-state index in [1.807, 2.05) is 0 Å². The predicted molar refractivity (Wildman–Crippen MR) is 132 cm³/mol. The van der Waals surface area contributed by atoms with Gasteiger partial charge in [-0.15, -0.1) is 0 Å². The molecule has 0 unspecified atom stereocenters. The average molecular weight is 483 g/mol. The second kappa shape index (κ2) is 9.38. The fourth-order valence-corrected chi connectivity index (χ4v) is 6.38. The summed E-state index contributed by atoms with van der Waals surface area (Å²) in [6.45, 7) is 4.52. The summed E-state index contributed by atoms with van der Waals surface area (Å²) in [5, 5.41) is 2.94. The van der Waals surface area contributed by atoms with Crippen LogP contribution in [0.1, 0.15) is 54.8 Å². The molecule has 180 valence electrons. The van der Waals surface area contributed by atoms with Crippen LogP contribution >= 0.6 is 0 Å². The highest BCUT2D eigenvalue weighted by molar-refractivity contribution is 7.89. The molecule has 2 fully saturated rings. The van der Waals surface area contributed by atoms with Crippen LogP contribution in [0.3, 0.4) is 0 Å². The van der Waals surface area contributed by atoms with Crippen LogP contribution in [-0.4, -0.2) is 49.8 Å². The van der Waals surface area contributed by atoms with Crippen molar-refractivity contribution in [3.8, 4) is 0 Å². The molecule has 1 N–H and O–H groups in total. The number of rotatable bonds is 5. The molecule has 9 heteroatoms. The van der Waals surface area contributed by atoms with E-state index in [4.69, 9.17) is 4.42 Å². The van der Waals surface area contributed by atoms with Crippen molar-refractivity contribution in [2.45, 2.75) is 50.3 Å². The van der Waals surface area contributed by atoms with Gasteiger partial charge in [-0.1, -0.05) is 6.42 Å². The molecule has 0 spiro atoms. The lowest BCUT2D eigenvalue weighted by Gasteiger charge is -2.31. The molecule has 2 saturated heterocycles. The van der Waals surface area contributed by atoms with Crippen LogP contribution in [0.15, 0.2) is 45.7 Å². The smallest absolute Gasteiger partial charge is 0.257 e. The van der Waals surface area contributed by atoms with E-state index in [0.29, 0.717) is 35.8 Å². The topological polar surface area (TPSA) is 95.7 Å². The Morgan fingerprint density at radius 3 is 2.38 bits per heavy atom. The molecular weight excluding hydrogens is 452 g/mol. The van der Waals surface area contributed by atoms with Crippen LogP contribution in [0, 0.1) is 6.92 Å². The summed E-state index contributed by atoms with van der Waals surface area (Å²) in [7, 11) is -3.65. The lowest BCUT2D eigenvalue weighted by atomic mass is 10.1. The fourth-order valence-electron chi connectivity index (χ4n) is 4.84. The summed E-state index contributed by atoms with van der Waals surface area (Å²) >= 11 is 0. The lowest BCUT2D eigenvalue weighted by molar-refractivity contribution is 0.102. The minimum Gasteiger partial charge on any atom is -0.441 e. The van der Waals surface area contributed by atoms with Gasteiger partial charge in [0.25, 0.3) is 5.91 Å². The van der Waals surface area contributed by atoms with Crippen molar-refractivity contribution in [1.82, 2.24) is 9.29 Å². The Morgan fingerprint density at radius 2 is 1.65 bits per heavy atom. The van der Waals surface area contributed by atoms with Gasteiger partial charge in [-0.3, -0.25) is 4.79 Å². The summed E-state index contributed by atoms with van der Waals surface area (Å²) in [6.07, 6.45) is 6.04. The number of carbonyl (C=O) groups excluding carboxylic acids is 1. The summed E-state index contributed by atoms with van der Waals surface area (Å²) in [5.74, 6) is 0.216. The van der Waals surface area contributed by atoms with E-state index >= 15 is 0 Å². The van der Waals surface area contributed by atoms with Crippen molar-refractivity contribution in [3.05, 3.63) is 47.9 Å². The van der Waals surface area contributed by atoms with Gasteiger partial charge >= 0.3 is 0 Å². The number of aryl methyl sites for hydroxylation is 1. The molecule has 34 heavy (non-hydrogen) atoms. The molecular formula is C25H30N4O4S. The number of nitrogens with one attached hydrogen (secondary N) is 1. The summed E-state index contributed by atoms with van der Waals surface area (Å²) < 4.78 is 33.8. The maximum atomic E-state index is 13.5. The minimum atomic E-state index is -3.65. The normalized spacial score (nSPS) is 17.7. The van der Waals surface area contributed by atoms with Crippen LogP contribution in [0.4, 0.5) is 11.4 Å². The molecule has 0 saturated carbocycles. The van der Waals surface area contributed by atoms with Gasteiger partial charge < -0.3 is 14.6 Å². The molecule has 2 aliphatic rings. The SMILES string of the molecule is Cc1nc2ccc(NC(=O)c3cc(S(=O)(=O)N4CCCCC4)ccc3N3CCCCC3)cc2o1. The molecule has 3 heterocycles. The third kappa shape index (κ3) is 4.54. The number of sulfonamides is 1. The molecule has 0 bridgehead atoms. The highest BCUT2D eigenvalue weighted by Crippen LogP contribution is 2.30. The van der Waals surface area contributed by atoms with Crippen molar-refractivity contribution in [3.63, 3.8) is 0 Å². The molecule has 8 nitrogen and oxygen atoms in total. The zero-order valence-corrected chi connectivity index (χ0v) is 20.2. The Hall–Kier alpha value is -2.91. The number of oxazole rings is 1. The predicted octanol–water partition coefficient (Wildman–Crippen LogP) is 4.55. The third-order valence-electron chi connectivity index (χ3n) is 6.62. The monoisotopic (exact) mass is 482 g/mol. The number of nitrogens with zero attached hydrogens (tertiary/aromatic N) is 3. The number of fused-ring (bicyclic) bond motifs is 1. The largest absolute Gasteiger partial charge is 0.441 e. The van der Waals surface area contributed by atoms with Crippen LogP contribution in [0.25, 0.3) is 11.1 Å². The number of hydrogen-bond donors (Lipinski definition) is 1. The van der Waals surface area contributed by atoms with E-state index in [9.17, 15) is 13.2 Å². The molecule has 3 aromatic rings. The Balaban J connectivity index is 1.50. The maximum Gasteiger partial charge on any atom is 0.257 e. The molecule has 2 aliphatic heterocycles. The zero-order chi connectivity index (χ0) is 23.7. The molecule has 1 amide bonds. The zero-order valence-electron chi connectivity index (χ0n) is 19.4. The molecule has 1 aromatic heterocycles. The number of amides is 1. The van der Waals surface area contributed by atoms with Gasteiger partial charge in [-0.05, 0) is 62.4 Å². The average Bonchev–Trinajstić information content (AvgIpc) is 3.24. The van der Waals surface area contributed by atoms with E-state index in [1.165, 1.54) is 4.31 Å². The Bertz CT molecular complexity index is 1310. The maximum absolute atomic E-state index is 13.5. The first-order valence-corrected chi connectivity index (χ1v) is 13.4. The van der Waals surface area contributed by atoms with Gasteiger partial charge in [0.05, 0.1) is 10.5 Å². The molecule has 5 rings (SSSR count). The third-order valence-corrected chi connectivity index (χ3v) is 8.51. The van der Waals surface area contributed by atoms with Crippen LogP contribution in [-0.2, 0) is 10.0 Å². The van der Waals surface area contributed by atoms with Gasteiger partial charge in [-0.25, -0.2) is 13.4 Å². The molecule has 0 aliphatic carbocycles.